The smallest absolute Gasteiger partial charge is 0.244 e. The maximum atomic E-state index is 11.9. The van der Waals surface area contributed by atoms with Crippen molar-refractivity contribution in [1.82, 2.24) is 10.3 Å². The van der Waals surface area contributed by atoms with Gasteiger partial charge in [0.25, 0.3) is 0 Å². The van der Waals surface area contributed by atoms with Gasteiger partial charge < -0.3 is 10.6 Å². The molecule has 0 bridgehead atoms. The van der Waals surface area contributed by atoms with Crippen LogP contribution in [0.3, 0.4) is 0 Å². The molecule has 5 heteroatoms. The minimum absolute atomic E-state index is 0.164. The number of aryl methyl sites for hydroxylation is 1. The number of anilines is 1. The molecule has 1 amide bonds. The van der Waals surface area contributed by atoms with E-state index in [2.05, 4.69) is 21.7 Å². The van der Waals surface area contributed by atoms with Crippen LogP contribution in [-0.2, 0) is 4.79 Å². The van der Waals surface area contributed by atoms with Crippen LogP contribution in [0.25, 0.3) is 17.0 Å². The van der Waals surface area contributed by atoms with Crippen LogP contribution in [0.5, 0.6) is 0 Å². The van der Waals surface area contributed by atoms with Gasteiger partial charge in [0.1, 0.15) is 11.9 Å². The normalized spacial score (nSPS) is 10.7. The van der Waals surface area contributed by atoms with Crippen LogP contribution in [0.4, 0.5) is 5.82 Å². The number of nitriles is 1. The van der Waals surface area contributed by atoms with E-state index < -0.39 is 0 Å². The molecular weight excluding hydrogens is 336 g/mol. The van der Waals surface area contributed by atoms with Crippen LogP contribution in [0, 0.1) is 18.3 Å². The third-order valence-corrected chi connectivity index (χ3v) is 4.03. The van der Waals surface area contributed by atoms with Gasteiger partial charge in [0.15, 0.2) is 0 Å². The van der Waals surface area contributed by atoms with Gasteiger partial charge in [-0.3, -0.25) is 4.79 Å². The lowest BCUT2D eigenvalue weighted by molar-refractivity contribution is -0.116. The van der Waals surface area contributed by atoms with Crippen LogP contribution in [-0.4, -0.2) is 24.0 Å². The summed E-state index contributed by atoms with van der Waals surface area (Å²) in [7, 11) is 0. The van der Waals surface area contributed by atoms with Crippen molar-refractivity contribution in [3.05, 3.63) is 77.4 Å². The van der Waals surface area contributed by atoms with Crippen molar-refractivity contribution in [3.63, 3.8) is 0 Å². The molecule has 0 unspecified atom stereocenters. The van der Waals surface area contributed by atoms with Crippen LogP contribution in [0.1, 0.15) is 16.7 Å². The average molecular weight is 356 g/mol. The second-order valence-electron chi connectivity index (χ2n) is 6.15. The lowest BCUT2D eigenvalue weighted by Gasteiger charge is -2.09. The molecule has 2 aromatic carbocycles. The summed E-state index contributed by atoms with van der Waals surface area (Å²) in [4.78, 5) is 16.4. The quantitative estimate of drug-likeness (QED) is 0.522. The van der Waals surface area contributed by atoms with Gasteiger partial charge in [0, 0.05) is 24.6 Å². The Morgan fingerprint density at radius 2 is 1.96 bits per heavy atom. The van der Waals surface area contributed by atoms with E-state index in [9.17, 15) is 10.1 Å². The SMILES string of the molecule is Cc1ccc2nc(NCCNC(=O)/C=C/c3ccccc3)c(C#N)cc2c1. The Balaban J connectivity index is 1.56. The number of carbonyl (C=O) groups excluding carboxylic acids is 1. The first-order chi connectivity index (χ1) is 13.2. The highest BCUT2D eigenvalue weighted by Gasteiger charge is 2.06. The maximum Gasteiger partial charge on any atom is 0.244 e. The minimum atomic E-state index is -0.164. The topological polar surface area (TPSA) is 77.8 Å². The number of hydrogen-bond acceptors (Lipinski definition) is 4. The van der Waals surface area contributed by atoms with Crippen molar-refractivity contribution in [2.24, 2.45) is 0 Å². The maximum absolute atomic E-state index is 11.9. The summed E-state index contributed by atoms with van der Waals surface area (Å²) >= 11 is 0. The molecule has 0 saturated carbocycles. The number of pyridine rings is 1. The summed E-state index contributed by atoms with van der Waals surface area (Å²) in [5.41, 5.74) is 3.42. The van der Waals surface area contributed by atoms with Crippen LogP contribution < -0.4 is 10.6 Å². The molecule has 0 atom stereocenters. The molecule has 0 aliphatic carbocycles. The summed E-state index contributed by atoms with van der Waals surface area (Å²) in [6.45, 7) is 2.91. The van der Waals surface area contributed by atoms with Gasteiger partial charge in [0.2, 0.25) is 5.91 Å². The van der Waals surface area contributed by atoms with Crippen LogP contribution in [0.2, 0.25) is 0 Å². The number of nitrogens with zero attached hydrogens (tertiary/aromatic N) is 2. The Morgan fingerprint density at radius 3 is 2.74 bits per heavy atom. The molecule has 0 aliphatic rings. The summed E-state index contributed by atoms with van der Waals surface area (Å²) < 4.78 is 0. The summed E-state index contributed by atoms with van der Waals surface area (Å²) in [6, 6.07) is 19.6. The monoisotopic (exact) mass is 356 g/mol. The number of carbonyl (C=O) groups is 1. The average Bonchev–Trinajstić information content (AvgIpc) is 2.69. The van der Waals surface area contributed by atoms with Crippen molar-refractivity contribution in [1.29, 1.82) is 5.26 Å². The van der Waals surface area contributed by atoms with E-state index in [1.54, 1.807) is 6.08 Å². The number of aromatic nitrogens is 1. The first-order valence-electron chi connectivity index (χ1n) is 8.72. The molecule has 3 aromatic rings. The molecule has 1 aromatic heterocycles. The third-order valence-electron chi connectivity index (χ3n) is 4.03. The Labute approximate surface area is 158 Å². The highest BCUT2D eigenvalue weighted by molar-refractivity contribution is 5.91. The first kappa shape index (κ1) is 18.2. The zero-order valence-corrected chi connectivity index (χ0v) is 15.1. The van der Waals surface area contributed by atoms with E-state index in [4.69, 9.17) is 0 Å². The number of amides is 1. The molecule has 0 spiro atoms. The van der Waals surface area contributed by atoms with Crippen molar-refractivity contribution < 1.29 is 4.79 Å². The van der Waals surface area contributed by atoms with Gasteiger partial charge in [0.05, 0.1) is 11.1 Å². The summed E-state index contributed by atoms with van der Waals surface area (Å²) in [5.74, 6) is 0.367. The van der Waals surface area contributed by atoms with Crippen molar-refractivity contribution in [3.8, 4) is 6.07 Å². The molecular formula is C22H20N4O. The van der Waals surface area contributed by atoms with Crippen molar-refractivity contribution in [2.75, 3.05) is 18.4 Å². The highest BCUT2D eigenvalue weighted by atomic mass is 16.1. The van der Waals surface area contributed by atoms with Gasteiger partial charge in [-0.1, -0.05) is 42.0 Å². The molecule has 0 radical (unpaired) electrons. The number of benzene rings is 2. The van der Waals surface area contributed by atoms with Gasteiger partial charge in [-0.25, -0.2) is 4.98 Å². The molecule has 3 rings (SSSR count). The van der Waals surface area contributed by atoms with Crippen LogP contribution >= 0.6 is 0 Å². The van der Waals surface area contributed by atoms with Crippen molar-refractivity contribution >= 4 is 28.7 Å². The van der Waals surface area contributed by atoms with E-state index in [-0.39, 0.29) is 5.91 Å². The largest absolute Gasteiger partial charge is 0.367 e. The fraction of sp³-hybridized carbons (Fsp3) is 0.136. The van der Waals surface area contributed by atoms with E-state index in [1.165, 1.54) is 6.08 Å². The van der Waals surface area contributed by atoms with Gasteiger partial charge >= 0.3 is 0 Å². The number of nitrogens with one attached hydrogen (secondary N) is 2. The standard InChI is InChI=1S/C22H20N4O/c1-16-7-9-20-18(13-16)14-19(15-23)22(26-20)25-12-11-24-21(27)10-8-17-5-3-2-4-6-17/h2-10,13-14H,11-12H2,1H3,(H,24,27)(H,25,26)/b10-8+. The molecule has 0 fully saturated rings. The molecule has 27 heavy (non-hydrogen) atoms. The van der Waals surface area contributed by atoms with E-state index in [0.717, 1.165) is 22.0 Å². The second-order valence-corrected chi connectivity index (χ2v) is 6.15. The molecule has 1 heterocycles. The fourth-order valence-electron chi connectivity index (χ4n) is 2.68. The van der Waals surface area contributed by atoms with E-state index in [0.29, 0.717) is 24.5 Å². The highest BCUT2D eigenvalue weighted by Crippen LogP contribution is 2.20. The van der Waals surface area contributed by atoms with Gasteiger partial charge in [-0.2, -0.15) is 5.26 Å². The first-order valence-corrected chi connectivity index (χ1v) is 8.72. The summed E-state index contributed by atoms with van der Waals surface area (Å²) in [5, 5.41) is 16.2. The minimum Gasteiger partial charge on any atom is -0.367 e. The van der Waals surface area contributed by atoms with E-state index in [1.807, 2.05) is 61.5 Å². The lowest BCUT2D eigenvalue weighted by Crippen LogP contribution is -2.27. The van der Waals surface area contributed by atoms with Crippen molar-refractivity contribution in [2.45, 2.75) is 6.92 Å². The lowest BCUT2D eigenvalue weighted by atomic mass is 10.1. The molecule has 2 N–H and O–H groups in total. The molecule has 5 nitrogen and oxygen atoms in total. The second kappa shape index (κ2) is 8.63. The Bertz CT molecular complexity index is 1020. The number of hydrogen-bond donors (Lipinski definition) is 2. The fourth-order valence-corrected chi connectivity index (χ4v) is 2.68. The molecule has 0 aliphatic heterocycles. The third kappa shape index (κ3) is 4.93. The van der Waals surface area contributed by atoms with Crippen LogP contribution in [0.15, 0.2) is 60.7 Å². The van der Waals surface area contributed by atoms with Gasteiger partial charge in [-0.05, 0) is 36.8 Å². The number of fused-ring (bicyclic) bond motifs is 1. The Kier molecular flexibility index (Phi) is 5.80. The predicted molar refractivity (Wildman–Crippen MR) is 108 cm³/mol. The zero-order valence-electron chi connectivity index (χ0n) is 15.1. The predicted octanol–water partition coefficient (Wildman–Crippen LogP) is 3.66. The van der Waals surface area contributed by atoms with E-state index >= 15 is 0 Å². The Morgan fingerprint density at radius 1 is 1.15 bits per heavy atom. The van der Waals surface area contributed by atoms with Gasteiger partial charge in [-0.15, -0.1) is 0 Å². The Hall–Kier alpha value is -3.65. The molecule has 0 saturated heterocycles. The zero-order chi connectivity index (χ0) is 19.1. The summed E-state index contributed by atoms with van der Waals surface area (Å²) in [6.07, 6.45) is 3.27. The number of rotatable bonds is 6. The molecule has 134 valence electrons.